The molecule has 0 spiro atoms. The van der Waals surface area contributed by atoms with Gasteiger partial charge in [-0.1, -0.05) is 29.8 Å². The third-order valence-corrected chi connectivity index (χ3v) is 5.27. The van der Waals surface area contributed by atoms with Crippen molar-refractivity contribution in [2.24, 2.45) is 0 Å². The minimum absolute atomic E-state index is 0.146. The lowest BCUT2D eigenvalue weighted by molar-refractivity contribution is -0.274. The van der Waals surface area contributed by atoms with Crippen LogP contribution in [-0.4, -0.2) is 27.4 Å². The van der Waals surface area contributed by atoms with Crippen molar-refractivity contribution in [3.8, 4) is 5.75 Å². The molecule has 0 saturated heterocycles. The van der Waals surface area contributed by atoms with E-state index in [9.17, 15) is 26.4 Å². The predicted octanol–water partition coefficient (Wildman–Crippen LogP) is 3.87. The van der Waals surface area contributed by atoms with Crippen LogP contribution in [0.2, 0.25) is 0 Å². The molecule has 29 heavy (non-hydrogen) atoms. The summed E-state index contributed by atoms with van der Waals surface area (Å²) in [5, 5.41) is 0. The van der Waals surface area contributed by atoms with Gasteiger partial charge in [-0.2, -0.15) is 0 Å². The lowest BCUT2D eigenvalue weighted by Gasteiger charge is -2.19. The largest absolute Gasteiger partial charge is 0.573 e. The lowest BCUT2D eigenvalue weighted by atomic mass is 10.0. The molecular formula is C19H20F3NO5S. The van der Waals surface area contributed by atoms with Crippen molar-refractivity contribution in [3.05, 3.63) is 59.7 Å². The van der Waals surface area contributed by atoms with Crippen LogP contribution in [0.3, 0.4) is 0 Å². The third kappa shape index (κ3) is 7.06. The number of carbonyl (C=O) groups excluding carboxylic acids is 1. The van der Waals surface area contributed by atoms with Crippen LogP contribution >= 0.6 is 0 Å². The molecule has 0 saturated carbocycles. The highest BCUT2D eigenvalue weighted by Gasteiger charge is 2.31. The first-order valence-corrected chi connectivity index (χ1v) is 10.1. The Morgan fingerprint density at radius 2 is 1.79 bits per heavy atom. The van der Waals surface area contributed by atoms with Crippen molar-refractivity contribution in [2.75, 3.05) is 6.61 Å². The number of esters is 1. The summed E-state index contributed by atoms with van der Waals surface area (Å²) in [6.07, 6.45) is -5.12. The number of ether oxygens (including phenoxy) is 2. The summed E-state index contributed by atoms with van der Waals surface area (Å²) in [6.45, 7) is 3.60. The van der Waals surface area contributed by atoms with Gasteiger partial charge in [-0.25, -0.2) is 13.1 Å². The maximum atomic E-state index is 12.7. The van der Waals surface area contributed by atoms with Crippen molar-refractivity contribution >= 4 is 16.0 Å². The van der Waals surface area contributed by atoms with Crippen molar-refractivity contribution < 1.29 is 35.9 Å². The van der Waals surface area contributed by atoms with Crippen LogP contribution in [0.1, 0.15) is 30.5 Å². The first kappa shape index (κ1) is 22.7. The summed E-state index contributed by atoms with van der Waals surface area (Å²) in [4.78, 5) is 11.7. The number of carbonyl (C=O) groups is 1. The molecule has 2 aromatic carbocycles. The molecule has 158 valence electrons. The molecule has 0 aromatic heterocycles. The fourth-order valence-electron chi connectivity index (χ4n) is 2.58. The monoisotopic (exact) mass is 431 g/mol. The van der Waals surface area contributed by atoms with Crippen LogP contribution in [-0.2, 0) is 19.6 Å². The Hall–Kier alpha value is -2.59. The van der Waals surface area contributed by atoms with Crippen LogP contribution in [0.4, 0.5) is 13.2 Å². The van der Waals surface area contributed by atoms with E-state index in [1.807, 2.05) is 13.0 Å². The maximum absolute atomic E-state index is 12.7. The van der Waals surface area contributed by atoms with E-state index in [2.05, 4.69) is 9.46 Å². The molecule has 0 radical (unpaired) electrons. The molecule has 0 fully saturated rings. The number of hydrogen-bond donors (Lipinski definition) is 1. The fourth-order valence-corrected chi connectivity index (χ4v) is 3.80. The van der Waals surface area contributed by atoms with E-state index in [0.717, 1.165) is 29.8 Å². The summed E-state index contributed by atoms with van der Waals surface area (Å²) >= 11 is 0. The molecule has 6 nitrogen and oxygen atoms in total. The normalized spacial score (nSPS) is 13.0. The molecule has 10 heteroatoms. The molecule has 0 aliphatic rings. The molecule has 0 amide bonds. The van der Waals surface area contributed by atoms with Gasteiger partial charge < -0.3 is 9.47 Å². The maximum Gasteiger partial charge on any atom is 0.573 e. The number of alkyl halides is 3. The highest BCUT2D eigenvalue weighted by atomic mass is 32.2. The molecule has 1 atom stereocenters. The quantitative estimate of drug-likeness (QED) is 0.642. The van der Waals surface area contributed by atoms with Crippen LogP contribution in [0.25, 0.3) is 0 Å². The summed E-state index contributed by atoms with van der Waals surface area (Å²) in [6, 6.07) is 9.79. The predicted molar refractivity (Wildman–Crippen MR) is 98.6 cm³/mol. The Bertz CT molecular complexity index is 943. The SMILES string of the molecule is CCOC(=O)CC(NS(=O)(=O)c1ccc(OC(F)(F)F)cc1)c1cccc(C)c1. The first-order chi connectivity index (χ1) is 13.5. The molecule has 1 N–H and O–H groups in total. The molecule has 2 rings (SSSR count). The first-order valence-electron chi connectivity index (χ1n) is 8.60. The van der Waals surface area contributed by atoms with Crippen molar-refractivity contribution in [3.63, 3.8) is 0 Å². The smallest absolute Gasteiger partial charge is 0.466 e. The summed E-state index contributed by atoms with van der Waals surface area (Å²) < 4.78 is 73.3. The molecule has 2 aromatic rings. The zero-order valence-electron chi connectivity index (χ0n) is 15.7. The topological polar surface area (TPSA) is 81.7 Å². The number of sulfonamides is 1. The highest BCUT2D eigenvalue weighted by molar-refractivity contribution is 7.89. The van der Waals surface area contributed by atoms with Crippen LogP contribution in [0, 0.1) is 6.92 Å². The van der Waals surface area contributed by atoms with E-state index in [4.69, 9.17) is 4.74 Å². The summed E-state index contributed by atoms with van der Waals surface area (Å²) in [5.74, 6) is -1.13. The minimum atomic E-state index is -4.88. The Morgan fingerprint density at radius 1 is 1.14 bits per heavy atom. The van der Waals surface area contributed by atoms with Crippen LogP contribution in [0.15, 0.2) is 53.4 Å². The number of benzene rings is 2. The van der Waals surface area contributed by atoms with Gasteiger partial charge in [0.15, 0.2) is 0 Å². The van der Waals surface area contributed by atoms with Crippen molar-refractivity contribution in [1.82, 2.24) is 4.72 Å². The Labute approximate surface area is 166 Å². The average molecular weight is 431 g/mol. The van der Waals surface area contributed by atoms with Gasteiger partial charge in [0.2, 0.25) is 10.0 Å². The van der Waals surface area contributed by atoms with Gasteiger partial charge in [0.05, 0.1) is 24.0 Å². The van der Waals surface area contributed by atoms with E-state index in [1.54, 1.807) is 25.1 Å². The molecule has 1 unspecified atom stereocenters. The van der Waals surface area contributed by atoms with Gasteiger partial charge in [0.1, 0.15) is 5.75 Å². The molecule has 0 heterocycles. The molecule has 0 bridgehead atoms. The van der Waals surface area contributed by atoms with Gasteiger partial charge in [-0.3, -0.25) is 4.79 Å². The number of hydrogen-bond acceptors (Lipinski definition) is 5. The second-order valence-corrected chi connectivity index (χ2v) is 7.83. The minimum Gasteiger partial charge on any atom is -0.466 e. The fraction of sp³-hybridized carbons (Fsp3) is 0.316. The van der Waals surface area contributed by atoms with Gasteiger partial charge >= 0.3 is 12.3 Å². The number of nitrogens with one attached hydrogen (secondary N) is 1. The number of rotatable bonds is 8. The number of halogens is 3. The lowest BCUT2D eigenvalue weighted by Crippen LogP contribution is -2.30. The second-order valence-electron chi connectivity index (χ2n) is 6.12. The van der Waals surface area contributed by atoms with E-state index in [1.165, 1.54) is 0 Å². The van der Waals surface area contributed by atoms with Crippen molar-refractivity contribution in [1.29, 1.82) is 0 Å². The number of aryl methyl sites for hydroxylation is 1. The van der Waals surface area contributed by atoms with Gasteiger partial charge in [0.25, 0.3) is 0 Å². The van der Waals surface area contributed by atoms with E-state index in [0.29, 0.717) is 5.56 Å². The van der Waals surface area contributed by atoms with Gasteiger partial charge in [0, 0.05) is 0 Å². The van der Waals surface area contributed by atoms with Gasteiger partial charge in [-0.15, -0.1) is 13.2 Å². The Morgan fingerprint density at radius 3 is 2.34 bits per heavy atom. The zero-order valence-corrected chi connectivity index (χ0v) is 16.5. The summed E-state index contributed by atoms with van der Waals surface area (Å²) in [5.41, 5.74) is 1.42. The van der Waals surface area contributed by atoms with E-state index in [-0.39, 0.29) is 17.9 Å². The second kappa shape index (κ2) is 9.27. The van der Waals surface area contributed by atoms with Crippen LogP contribution < -0.4 is 9.46 Å². The van der Waals surface area contributed by atoms with Crippen LogP contribution in [0.5, 0.6) is 5.75 Å². The Kier molecular flexibility index (Phi) is 7.26. The zero-order chi connectivity index (χ0) is 21.7. The summed E-state index contributed by atoms with van der Waals surface area (Å²) in [7, 11) is -4.14. The molecular weight excluding hydrogens is 411 g/mol. The third-order valence-electron chi connectivity index (χ3n) is 3.79. The average Bonchev–Trinajstić information content (AvgIpc) is 2.60. The molecule has 0 aliphatic heterocycles. The van der Waals surface area contributed by atoms with E-state index < -0.39 is 34.1 Å². The highest BCUT2D eigenvalue weighted by Crippen LogP contribution is 2.26. The van der Waals surface area contributed by atoms with E-state index >= 15 is 0 Å². The van der Waals surface area contributed by atoms with Gasteiger partial charge in [-0.05, 0) is 43.7 Å². The Balaban J connectivity index is 2.27. The molecule has 0 aliphatic carbocycles. The standard InChI is InChI=1S/C19H20F3NO5S/c1-3-27-18(24)12-17(14-6-4-5-13(2)11-14)23-29(25,26)16-9-7-15(8-10-16)28-19(20,21)22/h4-11,17,23H,3,12H2,1-2H3. The van der Waals surface area contributed by atoms with Crippen molar-refractivity contribution in [2.45, 2.75) is 37.6 Å².